The van der Waals surface area contributed by atoms with Crippen LogP contribution in [0.5, 0.6) is 0 Å². The predicted molar refractivity (Wildman–Crippen MR) is 33.6 cm³/mol. The van der Waals surface area contributed by atoms with Crippen molar-refractivity contribution in [2.24, 2.45) is 5.92 Å². The van der Waals surface area contributed by atoms with Gasteiger partial charge in [0, 0.05) is 6.54 Å². The number of hydrogen-bond donors (Lipinski definition) is 2. The van der Waals surface area contributed by atoms with Crippen LogP contribution in [0.25, 0.3) is 0 Å². The van der Waals surface area contributed by atoms with Gasteiger partial charge in [-0.1, -0.05) is 0 Å². The molecular formula is C6H9NO3. The minimum atomic E-state index is -0.822. The molecule has 4 heteroatoms. The summed E-state index contributed by atoms with van der Waals surface area (Å²) >= 11 is 0. The van der Waals surface area contributed by atoms with Gasteiger partial charge in [-0.25, -0.2) is 0 Å². The smallest absolute Gasteiger partial charge is 0.307 e. The summed E-state index contributed by atoms with van der Waals surface area (Å²) in [5, 5.41) is 11.3. The first-order valence-electron chi connectivity index (χ1n) is 3.15. The zero-order valence-electron chi connectivity index (χ0n) is 5.41. The number of aldehydes is 1. The third kappa shape index (κ3) is 1.33. The van der Waals surface area contributed by atoms with Gasteiger partial charge in [0.25, 0.3) is 0 Å². The van der Waals surface area contributed by atoms with Crippen molar-refractivity contribution in [3.8, 4) is 0 Å². The summed E-state index contributed by atoms with van der Waals surface area (Å²) in [5.74, 6) is -1.20. The molecule has 10 heavy (non-hydrogen) atoms. The normalized spacial score (nSPS) is 32.0. The first-order valence-corrected chi connectivity index (χ1v) is 3.15. The second-order valence-electron chi connectivity index (χ2n) is 2.42. The highest BCUT2D eigenvalue weighted by molar-refractivity contribution is 5.72. The van der Waals surface area contributed by atoms with E-state index in [1.54, 1.807) is 0 Å². The highest BCUT2D eigenvalue weighted by Crippen LogP contribution is 2.11. The molecule has 1 rings (SSSR count). The maximum absolute atomic E-state index is 10.3. The second-order valence-corrected chi connectivity index (χ2v) is 2.42. The largest absolute Gasteiger partial charge is 0.481 e. The first-order chi connectivity index (χ1) is 4.74. The molecule has 1 saturated heterocycles. The van der Waals surface area contributed by atoms with Crippen LogP contribution in [-0.2, 0) is 9.59 Å². The monoisotopic (exact) mass is 143 g/mol. The summed E-state index contributed by atoms with van der Waals surface area (Å²) in [5.41, 5.74) is 0. The van der Waals surface area contributed by atoms with Crippen molar-refractivity contribution < 1.29 is 14.7 Å². The third-order valence-corrected chi connectivity index (χ3v) is 1.68. The van der Waals surface area contributed by atoms with Crippen molar-refractivity contribution in [1.82, 2.24) is 5.32 Å². The van der Waals surface area contributed by atoms with E-state index in [0.29, 0.717) is 13.0 Å². The van der Waals surface area contributed by atoms with Gasteiger partial charge in [0.15, 0.2) is 0 Å². The molecule has 1 fully saturated rings. The molecule has 0 aromatic heterocycles. The van der Waals surface area contributed by atoms with Gasteiger partial charge >= 0.3 is 5.97 Å². The molecule has 1 aliphatic heterocycles. The Hall–Kier alpha value is -0.900. The summed E-state index contributed by atoms with van der Waals surface area (Å²) in [6.07, 6.45) is 1.18. The lowest BCUT2D eigenvalue weighted by Gasteiger charge is -1.97. The molecule has 0 aromatic carbocycles. The minimum Gasteiger partial charge on any atom is -0.481 e. The lowest BCUT2D eigenvalue weighted by Crippen LogP contribution is -2.22. The Kier molecular flexibility index (Phi) is 2.01. The summed E-state index contributed by atoms with van der Waals surface area (Å²) in [7, 11) is 0. The predicted octanol–water partition coefficient (Wildman–Crippen LogP) is -0.752. The van der Waals surface area contributed by atoms with Crippen molar-refractivity contribution in [3.05, 3.63) is 0 Å². The Morgan fingerprint density at radius 3 is 2.70 bits per heavy atom. The van der Waals surface area contributed by atoms with Gasteiger partial charge in [-0.15, -0.1) is 0 Å². The quantitative estimate of drug-likeness (QED) is 0.499. The molecule has 0 bridgehead atoms. The molecule has 0 saturated carbocycles. The number of carbonyl (C=O) groups is 2. The van der Waals surface area contributed by atoms with Crippen LogP contribution in [0.15, 0.2) is 0 Å². The summed E-state index contributed by atoms with van der Waals surface area (Å²) in [6.45, 7) is 0.415. The van der Waals surface area contributed by atoms with Crippen molar-refractivity contribution in [2.75, 3.05) is 6.54 Å². The lowest BCUT2D eigenvalue weighted by molar-refractivity contribution is -0.141. The Balaban J connectivity index is 2.42. The zero-order valence-corrected chi connectivity index (χ0v) is 5.41. The molecule has 0 amide bonds. The average molecular weight is 143 g/mol. The standard InChI is InChI=1S/C6H9NO3/c8-3-5-1-4(2-7-5)6(9)10/h3-5,7H,1-2H2,(H,9,10)/t4?,5-/m0/s1. The molecule has 2 atom stereocenters. The zero-order chi connectivity index (χ0) is 7.56. The van der Waals surface area contributed by atoms with Gasteiger partial charge in [0.1, 0.15) is 6.29 Å². The van der Waals surface area contributed by atoms with Crippen molar-refractivity contribution in [2.45, 2.75) is 12.5 Å². The van der Waals surface area contributed by atoms with E-state index in [2.05, 4.69) is 5.32 Å². The Morgan fingerprint density at radius 1 is 1.70 bits per heavy atom. The van der Waals surface area contributed by atoms with Gasteiger partial charge in [0.2, 0.25) is 0 Å². The van der Waals surface area contributed by atoms with E-state index in [0.717, 1.165) is 6.29 Å². The molecule has 0 aromatic rings. The number of carboxylic acids is 1. The highest BCUT2D eigenvalue weighted by Gasteiger charge is 2.28. The van der Waals surface area contributed by atoms with E-state index < -0.39 is 5.97 Å². The summed E-state index contributed by atoms with van der Waals surface area (Å²) in [4.78, 5) is 20.4. The van der Waals surface area contributed by atoms with Gasteiger partial charge in [-0.3, -0.25) is 4.79 Å². The fourth-order valence-electron chi connectivity index (χ4n) is 1.06. The number of hydrogen-bond acceptors (Lipinski definition) is 3. The van der Waals surface area contributed by atoms with E-state index in [-0.39, 0.29) is 12.0 Å². The molecule has 0 spiro atoms. The van der Waals surface area contributed by atoms with Crippen LogP contribution in [0, 0.1) is 5.92 Å². The van der Waals surface area contributed by atoms with Crippen LogP contribution in [0.3, 0.4) is 0 Å². The SMILES string of the molecule is O=C[C@@H]1CC(C(=O)O)CN1. The lowest BCUT2D eigenvalue weighted by atomic mass is 10.1. The number of carboxylic acid groups (broad SMARTS) is 1. The Bertz CT molecular complexity index is 157. The average Bonchev–Trinajstić information content (AvgIpc) is 2.34. The van der Waals surface area contributed by atoms with Gasteiger partial charge in [0.05, 0.1) is 12.0 Å². The van der Waals surface area contributed by atoms with E-state index >= 15 is 0 Å². The first kappa shape index (κ1) is 7.21. The molecule has 56 valence electrons. The maximum Gasteiger partial charge on any atom is 0.307 e. The second kappa shape index (κ2) is 2.79. The highest BCUT2D eigenvalue weighted by atomic mass is 16.4. The van der Waals surface area contributed by atoms with Crippen LogP contribution in [0.1, 0.15) is 6.42 Å². The van der Waals surface area contributed by atoms with Crippen molar-refractivity contribution in [1.29, 1.82) is 0 Å². The van der Waals surface area contributed by atoms with Crippen LogP contribution in [-0.4, -0.2) is 29.9 Å². The van der Waals surface area contributed by atoms with Crippen molar-refractivity contribution >= 4 is 12.3 Å². The molecular weight excluding hydrogens is 134 g/mol. The third-order valence-electron chi connectivity index (χ3n) is 1.68. The molecule has 1 unspecified atom stereocenters. The van der Waals surface area contributed by atoms with Gasteiger partial charge in [-0.2, -0.15) is 0 Å². The Labute approximate surface area is 58.2 Å². The number of rotatable bonds is 2. The molecule has 1 aliphatic rings. The van der Waals surface area contributed by atoms with Crippen LogP contribution in [0.2, 0.25) is 0 Å². The van der Waals surface area contributed by atoms with Crippen LogP contribution >= 0.6 is 0 Å². The van der Waals surface area contributed by atoms with Gasteiger partial charge in [-0.05, 0) is 6.42 Å². The number of aliphatic carboxylic acids is 1. The maximum atomic E-state index is 10.3. The molecule has 0 aliphatic carbocycles. The topological polar surface area (TPSA) is 66.4 Å². The fraction of sp³-hybridized carbons (Fsp3) is 0.667. The van der Waals surface area contributed by atoms with E-state index in [4.69, 9.17) is 5.11 Å². The van der Waals surface area contributed by atoms with Gasteiger partial charge < -0.3 is 15.2 Å². The molecule has 4 nitrogen and oxygen atoms in total. The summed E-state index contributed by atoms with van der Waals surface area (Å²) in [6, 6.07) is -0.249. The van der Waals surface area contributed by atoms with Crippen molar-refractivity contribution in [3.63, 3.8) is 0 Å². The minimum absolute atomic E-state index is 0.249. The number of nitrogens with one attached hydrogen (secondary N) is 1. The molecule has 0 radical (unpaired) electrons. The van der Waals surface area contributed by atoms with E-state index in [1.165, 1.54) is 0 Å². The molecule has 2 N–H and O–H groups in total. The Morgan fingerprint density at radius 2 is 2.40 bits per heavy atom. The van der Waals surface area contributed by atoms with Crippen LogP contribution < -0.4 is 5.32 Å². The fourth-order valence-corrected chi connectivity index (χ4v) is 1.06. The number of carbonyl (C=O) groups excluding carboxylic acids is 1. The van der Waals surface area contributed by atoms with E-state index in [1.807, 2.05) is 0 Å². The molecule has 1 heterocycles. The van der Waals surface area contributed by atoms with E-state index in [9.17, 15) is 9.59 Å². The van der Waals surface area contributed by atoms with Crippen LogP contribution in [0.4, 0.5) is 0 Å². The summed E-state index contributed by atoms with van der Waals surface area (Å²) < 4.78 is 0.